The Kier molecular flexibility index (Phi) is 4.27. The zero-order valence-corrected chi connectivity index (χ0v) is 8.03. The molecule has 0 unspecified atom stereocenters. The lowest BCUT2D eigenvalue weighted by atomic mass is 10.1. The minimum absolute atomic E-state index is 0.108. The van der Waals surface area contributed by atoms with E-state index in [1.165, 1.54) is 12.0 Å². The number of aryl methyl sites for hydroxylation is 1. The molecule has 13 heavy (non-hydrogen) atoms. The zero-order chi connectivity index (χ0) is 9.52. The highest BCUT2D eigenvalue weighted by molar-refractivity contribution is 5.49. The average Bonchev–Trinajstić information content (AvgIpc) is 2.17. The summed E-state index contributed by atoms with van der Waals surface area (Å²) in [6.45, 7) is 2.29. The largest absolute Gasteiger partial charge is 0.392 e. The molecule has 70 valence electrons. The van der Waals surface area contributed by atoms with Gasteiger partial charge in [-0.2, -0.15) is 0 Å². The van der Waals surface area contributed by atoms with Crippen LogP contribution in [0.15, 0.2) is 30.3 Å². The van der Waals surface area contributed by atoms with Crippen molar-refractivity contribution in [1.29, 1.82) is 0 Å². The van der Waals surface area contributed by atoms with Crippen LogP contribution in [0.2, 0.25) is 0 Å². The summed E-state index contributed by atoms with van der Waals surface area (Å²) in [7, 11) is 0. The molecule has 0 aromatic heterocycles. The molecular formula is C12H16O. The monoisotopic (exact) mass is 176 g/mol. The Bertz CT molecular complexity index is 259. The number of hydrogen-bond donors (Lipinski definition) is 1. The van der Waals surface area contributed by atoms with E-state index in [0.717, 1.165) is 12.0 Å². The third kappa shape index (κ3) is 3.43. The predicted molar refractivity (Wildman–Crippen MR) is 56.6 cm³/mol. The Morgan fingerprint density at radius 1 is 1.23 bits per heavy atom. The molecule has 1 aromatic rings. The van der Waals surface area contributed by atoms with Gasteiger partial charge in [0, 0.05) is 0 Å². The Morgan fingerprint density at radius 2 is 1.92 bits per heavy atom. The molecular weight excluding hydrogens is 160 g/mol. The molecule has 1 nitrogen and oxygen atoms in total. The van der Waals surface area contributed by atoms with Crippen LogP contribution in [0.3, 0.4) is 0 Å². The zero-order valence-electron chi connectivity index (χ0n) is 8.03. The van der Waals surface area contributed by atoms with Gasteiger partial charge in [0.15, 0.2) is 0 Å². The molecule has 0 bridgehead atoms. The summed E-state index contributed by atoms with van der Waals surface area (Å²) < 4.78 is 0. The number of rotatable bonds is 4. The molecule has 1 rings (SSSR count). The summed E-state index contributed by atoms with van der Waals surface area (Å²) in [5.41, 5.74) is 2.53. The van der Waals surface area contributed by atoms with Crippen LogP contribution in [0.1, 0.15) is 24.5 Å². The minimum Gasteiger partial charge on any atom is -0.392 e. The van der Waals surface area contributed by atoms with Crippen molar-refractivity contribution >= 4 is 6.08 Å². The molecule has 0 atom stereocenters. The third-order valence-electron chi connectivity index (χ3n) is 1.93. The van der Waals surface area contributed by atoms with Gasteiger partial charge < -0.3 is 5.11 Å². The lowest BCUT2D eigenvalue weighted by Crippen LogP contribution is -1.82. The fourth-order valence-electron chi connectivity index (χ4n) is 1.27. The van der Waals surface area contributed by atoms with E-state index >= 15 is 0 Å². The van der Waals surface area contributed by atoms with Crippen LogP contribution in [0.5, 0.6) is 0 Å². The normalized spacial score (nSPS) is 10.9. The maximum absolute atomic E-state index is 8.58. The van der Waals surface area contributed by atoms with Gasteiger partial charge in [0.25, 0.3) is 0 Å². The molecule has 0 saturated carbocycles. The van der Waals surface area contributed by atoms with Crippen molar-refractivity contribution in [2.75, 3.05) is 6.61 Å². The smallest absolute Gasteiger partial charge is 0.0615 e. The predicted octanol–water partition coefficient (Wildman–Crippen LogP) is 2.64. The second kappa shape index (κ2) is 5.55. The van der Waals surface area contributed by atoms with Crippen LogP contribution in [-0.2, 0) is 6.42 Å². The minimum atomic E-state index is 0.108. The Labute approximate surface area is 79.7 Å². The van der Waals surface area contributed by atoms with E-state index in [0.29, 0.717) is 0 Å². The van der Waals surface area contributed by atoms with Crippen LogP contribution in [0, 0.1) is 0 Å². The van der Waals surface area contributed by atoms with E-state index in [-0.39, 0.29) is 6.61 Å². The highest BCUT2D eigenvalue weighted by atomic mass is 16.2. The van der Waals surface area contributed by atoms with Crippen molar-refractivity contribution < 1.29 is 5.11 Å². The van der Waals surface area contributed by atoms with Gasteiger partial charge in [0.2, 0.25) is 0 Å². The molecule has 1 heteroatoms. The van der Waals surface area contributed by atoms with Crippen molar-refractivity contribution in [3.63, 3.8) is 0 Å². The molecule has 0 heterocycles. The molecule has 1 N–H and O–H groups in total. The molecule has 0 fully saturated rings. The first kappa shape index (κ1) is 10.0. The quantitative estimate of drug-likeness (QED) is 0.747. The van der Waals surface area contributed by atoms with Crippen molar-refractivity contribution in [1.82, 2.24) is 0 Å². The van der Waals surface area contributed by atoms with Gasteiger partial charge in [-0.15, -0.1) is 0 Å². The van der Waals surface area contributed by atoms with Gasteiger partial charge in [-0.3, -0.25) is 0 Å². The van der Waals surface area contributed by atoms with Crippen molar-refractivity contribution in [2.45, 2.75) is 19.8 Å². The van der Waals surface area contributed by atoms with Gasteiger partial charge in [-0.25, -0.2) is 0 Å². The first-order valence-corrected chi connectivity index (χ1v) is 4.73. The van der Waals surface area contributed by atoms with Gasteiger partial charge in [-0.1, -0.05) is 49.8 Å². The second-order valence-electron chi connectivity index (χ2n) is 3.08. The van der Waals surface area contributed by atoms with E-state index in [1.807, 2.05) is 6.08 Å². The fourth-order valence-corrected chi connectivity index (χ4v) is 1.27. The average molecular weight is 176 g/mol. The number of hydrogen-bond acceptors (Lipinski definition) is 1. The van der Waals surface area contributed by atoms with Crippen molar-refractivity contribution in [3.05, 3.63) is 41.5 Å². The topological polar surface area (TPSA) is 20.2 Å². The van der Waals surface area contributed by atoms with E-state index in [1.54, 1.807) is 6.08 Å². The summed E-state index contributed by atoms with van der Waals surface area (Å²) in [5, 5.41) is 8.58. The van der Waals surface area contributed by atoms with Crippen molar-refractivity contribution in [2.24, 2.45) is 0 Å². The van der Waals surface area contributed by atoms with Crippen LogP contribution >= 0.6 is 0 Å². The number of aliphatic hydroxyl groups is 1. The second-order valence-corrected chi connectivity index (χ2v) is 3.08. The van der Waals surface area contributed by atoms with Crippen molar-refractivity contribution in [3.8, 4) is 0 Å². The maximum atomic E-state index is 8.58. The van der Waals surface area contributed by atoms with Gasteiger partial charge >= 0.3 is 0 Å². The number of aliphatic hydroxyl groups excluding tert-OH is 1. The first-order chi connectivity index (χ1) is 6.36. The Balaban J connectivity index is 2.64. The molecule has 0 aliphatic carbocycles. The summed E-state index contributed by atoms with van der Waals surface area (Å²) in [4.78, 5) is 0. The maximum Gasteiger partial charge on any atom is 0.0615 e. The Morgan fingerprint density at radius 3 is 2.46 bits per heavy atom. The molecule has 0 aliphatic rings. The molecule has 0 radical (unpaired) electrons. The summed E-state index contributed by atoms with van der Waals surface area (Å²) in [5.74, 6) is 0. The van der Waals surface area contributed by atoms with E-state index in [2.05, 4.69) is 31.2 Å². The lowest BCUT2D eigenvalue weighted by Gasteiger charge is -1.98. The summed E-state index contributed by atoms with van der Waals surface area (Å²) in [6, 6.07) is 8.44. The van der Waals surface area contributed by atoms with Crippen LogP contribution in [-0.4, -0.2) is 11.7 Å². The highest BCUT2D eigenvalue weighted by Crippen LogP contribution is 2.07. The third-order valence-corrected chi connectivity index (χ3v) is 1.93. The van der Waals surface area contributed by atoms with Gasteiger partial charge in [0.05, 0.1) is 6.61 Å². The standard InChI is InChI=1S/C12H16O/c1-2-4-11-6-8-12(9-7-11)5-3-10-13/h3,5-9,13H,2,4,10H2,1H3. The summed E-state index contributed by atoms with van der Waals surface area (Å²) >= 11 is 0. The van der Waals surface area contributed by atoms with Gasteiger partial charge in [-0.05, 0) is 17.5 Å². The summed E-state index contributed by atoms with van der Waals surface area (Å²) in [6.07, 6.45) is 6.00. The number of benzene rings is 1. The highest BCUT2D eigenvalue weighted by Gasteiger charge is 1.90. The van der Waals surface area contributed by atoms with Crippen LogP contribution in [0.4, 0.5) is 0 Å². The van der Waals surface area contributed by atoms with E-state index in [4.69, 9.17) is 5.11 Å². The lowest BCUT2D eigenvalue weighted by molar-refractivity contribution is 0.343. The SMILES string of the molecule is CCCc1ccc(C=CCO)cc1. The van der Waals surface area contributed by atoms with E-state index in [9.17, 15) is 0 Å². The molecule has 0 aliphatic heterocycles. The molecule has 0 saturated heterocycles. The van der Waals surface area contributed by atoms with Crippen LogP contribution in [0.25, 0.3) is 6.08 Å². The first-order valence-electron chi connectivity index (χ1n) is 4.73. The van der Waals surface area contributed by atoms with Crippen LogP contribution < -0.4 is 0 Å². The Hall–Kier alpha value is -1.08. The molecule has 0 amide bonds. The molecule has 1 aromatic carbocycles. The fraction of sp³-hybridized carbons (Fsp3) is 0.333. The van der Waals surface area contributed by atoms with Gasteiger partial charge in [0.1, 0.15) is 0 Å². The van der Waals surface area contributed by atoms with E-state index < -0.39 is 0 Å². The molecule has 0 spiro atoms.